The Bertz CT molecular complexity index is 1880. The lowest BCUT2D eigenvalue weighted by Crippen LogP contribution is -2.48. The third kappa shape index (κ3) is 5.03. The molecule has 4 aromatic heterocycles. The number of benzene rings is 1. The van der Waals surface area contributed by atoms with E-state index >= 15 is 0 Å². The number of hydrogen-bond acceptors (Lipinski definition) is 9. The molecule has 45 heavy (non-hydrogen) atoms. The van der Waals surface area contributed by atoms with Crippen molar-refractivity contribution in [1.82, 2.24) is 29.9 Å². The van der Waals surface area contributed by atoms with Gasteiger partial charge in [-0.25, -0.2) is 9.97 Å². The number of anilines is 4. The van der Waals surface area contributed by atoms with Crippen molar-refractivity contribution in [2.45, 2.75) is 58.9 Å². The topological polar surface area (TPSA) is 128 Å². The summed E-state index contributed by atoms with van der Waals surface area (Å²) in [5, 5.41) is 17.8. The number of carbonyl (C=O) groups is 1. The second kappa shape index (κ2) is 10.6. The van der Waals surface area contributed by atoms with Crippen LogP contribution in [0.3, 0.4) is 0 Å². The van der Waals surface area contributed by atoms with Crippen molar-refractivity contribution < 1.29 is 4.79 Å². The Morgan fingerprint density at radius 1 is 1.00 bits per heavy atom. The van der Waals surface area contributed by atoms with Crippen LogP contribution in [-0.4, -0.2) is 42.9 Å². The van der Waals surface area contributed by atoms with Gasteiger partial charge >= 0.3 is 0 Å². The number of nitrogens with zero attached hydrogens (tertiary/aromatic N) is 7. The highest BCUT2D eigenvalue weighted by Gasteiger charge is 2.51. The highest BCUT2D eigenvalue weighted by molar-refractivity contribution is 7.22. The van der Waals surface area contributed by atoms with Gasteiger partial charge in [-0.1, -0.05) is 23.5 Å². The predicted octanol–water partition coefficient (Wildman–Crippen LogP) is 6.79. The normalized spacial score (nSPS) is 23.5. The lowest BCUT2D eigenvalue weighted by atomic mass is 9.49. The Labute approximate surface area is 266 Å². The number of pyridine rings is 1. The van der Waals surface area contributed by atoms with E-state index in [0.717, 1.165) is 56.5 Å². The van der Waals surface area contributed by atoms with E-state index in [0.29, 0.717) is 28.4 Å². The molecule has 0 spiro atoms. The van der Waals surface area contributed by atoms with Gasteiger partial charge in [-0.15, -0.1) is 10.2 Å². The largest absolute Gasteiger partial charge is 0.364 e. The fourth-order valence-electron chi connectivity index (χ4n) is 8.62. The second-order valence-corrected chi connectivity index (χ2v) is 14.6. The smallest absolute Gasteiger partial charge is 0.268 e. The van der Waals surface area contributed by atoms with Crippen LogP contribution in [-0.2, 0) is 6.54 Å². The van der Waals surface area contributed by atoms with Crippen molar-refractivity contribution in [1.29, 1.82) is 0 Å². The van der Waals surface area contributed by atoms with Gasteiger partial charge in [0.15, 0.2) is 16.8 Å². The number of primary amides is 1. The Kier molecular flexibility index (Phi) is 6.63. The van der Waals surface area contributed by atoms with Crippen LogP contribution in [0, 0.1) is 37.0 Å². The van der Waals surface area contributed by atoms with Crippen LogP contribution in [0.25, 0.3) is 21.3 Å². The first-order chi connectivity index (χ1) is 21.7. The number of para-hydroxylation sites is 1. The summed E-state index contributed by atoms with van der Waals surface area (Å²) in [5.41, 5.74) is 11.0. The second-order valence-electron chi connectivity index (χ2n) is 13.6. The lowest BCUT2D eigenvalue weighted by molar-refractivity contribution is -0.0638. The zero-order valence-corrected chi connectivity index (χ0v) is 26.6. The SMILES string of the molecule is Cc1cc(N(C)c2ccc(-c3cnn(CC45CC6CC(CC(C6)C4)C5)c3C)c(C(N)=O)n2)nnc1Nc1nc2ccccc2s1. The predicted molar refractivity (Wildman–Crippen MR) is 177 cm³/mol. The van der Waals surface area contributed by atoms with E-state index in [1.807, 2.05) is 62.6 Å². The summed E-state index contributed by atoms with van der Waals surface area (Å²) in [4.78, 5) is 23.9. The molecule has 4 fully saturated rings. The molecule has 4 aliphatic carbocycles. The fourth-order valence-corrected chi connectivity index (χ4v) is 9.48. The number of hydrogen-bond donors (Lipinski definition) is 2. The summed E-state index contributed by atoms with van der Waals surface area (Å²) in [6.45, 7) is 5.01. The van der Waals surface area contributed by atoms with Gasteiger partial charge in [0.2, 0.25) is 0 Å². The zero-order chi connectivity index (χ0) is 30.9. The van der Waals surface area contributed by atoms with Gasteiger partial charge in [0.05, 0.1) is 16.4 Å². The number of amides is 1. The van der Waals surface area contributed by atoms with Crippen LogP contribution in [0.2, 0.25) is 0 Å². The minimum absolute atomic E-state index is 0.218. The van der Waals surface area contributed by atoms with E-state index in [9.17, 15) is 4.79 Å². The van der Waals surface area contributed by atoms with Crippen LogP contribution in [0.5, 0.6) is 0 Å². The maximum Gasteiger partial charge on any atom is 0.268 e. The molecular weight excluding hydrogens is 583 g/mol. The molecule has 0 unspecified atom stereocenters. The van der Waals surface area contributed by atoms with Crippen LogP contribution < -0.4 is 16.0 Å². The molecule has 4 saturated carbocycles. The average molecular weight is 620 g/mol. The summed E-state index contributed by atoms with van der Waals surface area (Å²) in [7, 11) is 1.85. The zero-order valence-electron chi connectivity index (χ0n) is 25.8. The molecule has 1 amide bonds. The van der Waals surface area contributed by atoms with Crippen molar-refractivity contribution >= 4 is 50.0 Å². The van der Waals surface area contributed by atoms with Gasteiger partial charge in [-0.2, -0.15) is 5.10 Å². The quantitative estimate of drug-likeness (QED) is 0.194. The summed E-state index contributed by atoms with van der Waals surface area (Å²) < 4.78 is 3.27. The summed E-state index contributed by atoms with van der Waals surface area (Å²) in [6.07, 6.45) is 10.1. The number of fused-ring (bicyclic) bond motifs is 1. The van der Waals surface area contributed by atoms with Crippen LogP contribution in [0.4, 0.5) is 22.6 Å². The number of aryl methyl sites for hydroxylation is 1. The Morgan fingerprint density at radius 3 is 2.42 bits per heavy atom. The van der Waals surface area contributed by atoms with Crippen molar-refractivity contribution in [2.75, 3.05) is 17.3 Å². The van der Waals surface area contributed by atoms with Crippen molar-refractivity contribution in [3.05, 3.63) is 65.6 Å². The summed E-state index contributed by atoms with van der Waals surface area (Å²) in [5.74, 6) is 3.87. The first kappa shape index (κ1) is 28.1. The van der Waals surface area contributed by atoms with Gasteiger partial charge < -0.3 is 16.0 Å². The molecule has 9 rings (SSSR count). The minimum Gasteiger partial charge on any atom is -0.364 e. The van der Waals surface area contributed by atoms with E-state index in [2.05, 4.69) is 32.1 Å². The molecule has 4 heterocycles. The molecule has 230 valence electrons. The molecule has 4 bridgehead atoms. The summed E-state index contributed by atoms with van der Waals surface area (Å²) >= 11 is 1.57. The molecule has 3 N–H and O–H groups in total. The van der Waals surface area contributed by atoms with E-state index in [1.54, 1.807) is 16.2 Å². The monoisotopic (exact) mass is 619 g/mol. The van der Waals surface area contributed by atoms with Gasteiger partial charge in [0.25, 0.3) is 5.91 Å². The summed E-state index contributed by atoms with van der Waals surface area (Å²) in [6, 6.07) is 13.8. The van der Waals surface area contributed by atoms with Gasteiger partial charge in [-0.05, 0) is 111 Å². The van der Waals surface area contributed by atoms with E-state index in [4.69, 9.17) is 15.8 Å². The number of rotatable bonds is 8. The molecule has 0 atom stereocenters. The maximum absolute atomic E-state index is 12.7. The van der Waals surface area contributed by atoms with Crippen molar-refractivity contribution in [3.8, 4) is 11.1 Å². The number of thiazole rings is 1. The molecule has 0 aliphatic heterocycles. The Balaban J connectivity index is 1.03. The number of aromatic nitrogens is 6. The molecule has 0 saturated heterocycles. The van der Waals surface area contributed by atoms with E-state index < -0.39 is 5.91 Å². The number of nitrogens with two attached hydrogens (primary N) is 1. The van der Waals surface area contributed by atoms with Crippen LogP contribution >= 0.6 is 11.3 Å². The highest BCUT2D eigenvalue weighted by atomic mass is 32.1. The standard InChI is InChI=1S/C34H37N9OS/c1-19-10-29(40-41-32(19)39-33-37-26-6-4-5-7-27(26)45-33)42(3)28-9-8-24(30(38-28)31(35)44)25-17-36-43(20(25)2)18-34-14-21-11-22(15-34)13-23(12-21)16-34/h4-10,17,21-23H,11-16,18H2,1-3H3,(H2,35,44)(H,37,39,41). The first-order valence-corrected chi connectivity index (χ1v) is 16.6. The molecule has 11 heteroatoms. The molecular formula is C34H37N9OS. The van der Waals surface area contributed by atoms with Crippen molar-refractivity contribution in [3.63, 3.8) is 0 Å². The molecule has 1 aromatic carbocycles. The third-order valence-corrected chi connectivity index (χ3v) is 11.3. The van der Waals surface area contributed by atoms with Crippen molar-refractivity contribution in [2.24, 2.45) is 28.9 Å². The lowest BCUT2D eigenvalue weighted by Gasteiger charge is -2.56. The Morgan fingerprint density at radius 2 is 1.73 bits per heavy atom. The van der Waals surface area contributed by atoms with E-state index in [1.165, 1.54) is 38.5 Å². The third-order valence-electron chi connectivity index (χ3n) is 10.3. The highest BCUT2D eigenvalue weighted by Crippen LogP contribution is 2.60. The number of nitrogens with one attached hydrogen (secondary N) is 1. The van der Waals surface area contributed by atoms with Gasteiger partial charge in [-0.3, -0.25) is 9.48 Å². The first-order valence-electron chi connectivity index (χ1n) is 15.8. The minimum atomic E-state index is -0.578. The van der Waals surface area contributed by atoms with Gasteiger partial charge in [0, 0.05) is 30.4 Å². The molecule has 5 aromatic rings. The molecule has 0 radical (unpaired) electrons. The van der Waals surface area contributed by atoms with Gasteiger partial charge in [0.1, 0.15) is 11.5 Å². The number of carbonyl (C=O) groups excluding carboxylic acids is 1. The fraction of sp³-hybridized carbons (Fsp3) is 0.412. The molecule has 10 nitrogen and oxygen atoms in total. The van der Waals surface area contributed by atoms with Crippen LogP contribution in [0.15, 0.2) is 48.7 Å². The molecule has 4 aliphatic rings. The van der Waals surface area contributed by atoms with E-state index in [-0.39, 0.29) is 5.69 Å². The Hall–Kier alpha value is -4.38. The van der Waals surface area contributed by atoms with Crippen LogP contribution in [0.1, 0.15) is 60.3 Å². The average Bonchev–Trinajstić information content (AvgIpc) is 3.58. The maximum atomic E-state index is 12.7.